The number of amides is 1. The maximum atomic E-state index is 12.0. The lowest BCUT2D eigenvalue weighted by Crippen LogP contribution is -2.07. The van der Waals surface area contributed by atoms with E-state index in [0.717, 1.165) is 5.39 Å². The summed E-state index contributed by atoms with van der Waals surface area (Å²) in [5.41, 5.74) is 2.02. The van der Waals surface area contributed by atoms with Crippen LogP contribution in [0.4, 0.5) is 5.69 Å². The molecule has 2 aromatic heterocycles. The minimum absolute atomic E-state index is 0.150. The fourth-order valence-corrected chi connectivity index (χ4v) is 2.76. The van der Waals surface area contributed by atoms with Gasteiger partial charge in [0.1, 0.15) is 5.69 Å². The Morgan fingerprint density at radius 1 is 1.08 bits per heavy atom. The van der Waals surface area contributed by atoms with Gasteiger partial charge < -0.3 is 10.1 Å². The Bertz CT molecular complexity index is 1000. The van der Waals surface area contributed by atoms with Gasteiger partial charge in [-0.15, -0.1) is 0 Å². The number of benzene rings is 1. The summed E-state index contributed by atoms with van der Waals surface area (Å²) in [6.45, 7) is 2.87. The van der Waals surface area contributed by atoms with E-state index >= 15 is 0 Å². The molecule has 0 radical (unpaired) electrons. The molecule has 1 amide bonds. The molecule has 0 atom stereocenters. The molecule has 1 aromatic carbocycles. The molecule has 0 unspecified atom stereocenters. The summed E-state index contributed by atoms with van der Waals surface area (Å²) in [5, 5.41) is 4.13. The Morgan fingerprint density at radius 3 is 2.42 bits per heavy atom. The maximum absolute atomic E-state index is 12.0. The highest BCUT2D eigenvalue weighted by molar-refractivity contribution is 6.15. The zero-order chi connectivity index (χ0) is 17.4. The Hall–Kier alpha value is -3.22. The van der Waals surface area contributed by atoms with E-state index in [9.17, 15) is 14.4 Å². The van der Waals surface area contributed by atoms with Crippen molar-refractivity contribution < 1.29 is 19.1 Å². The van der Waals surface area contributed by atoms with E-state index in [1.54, 1.807) is 24.3 Å². The monoisotopic (exact) mass is 325 g/mol. The molecule has 0 fully saturated rings. The molecular weight excluding hydrogens is 310 g/mol. The summed E-state index contributed by atoms with van der Waals surface area (Å²) in [4.78, 5) is 39.1. The summed E-state index contributed by atoms with van der Waals surface area (Å²) in [7, 11) is 1.28. The van der Waals surface area contributed by atoms with Gasteiger partial charge in [-0.1, -0.05) is 0 Å². The van der Waals surface area contributed by atoms with Crippen molar-refractivity contribution in [1.29, 1.82) is 0 Å². The number of nitrogens with zero attached hydrogens (tertiary/aromatic N) is 2. The number of fused-ring (bicyclic) bond motifs is 3. The van der Waals surface area contributed by atoms with Gasteiger partial charge in [0.15, 0.2) is 0 Å². The average molecular weight is 325 g/mol. The Balaban J connectivity index is 2.35. The summed E-state index contributed by atoms with van der Waals surface area (Å²) >= 11 is 0. The quantitative estimate of drug-likeness (QED) is 0.731. The van der Waals surface area contributed by atoms with Crippen LogP contribution in [-0.2, 0) is 9.53 Å². The minimum atomic E-state index is -0.557. The number of esters is 1. The van der Waals surface area contributed by atoms with Crippen LogP contribution in [-0.4, -0.2) is 34.4 Å². The van der Waals surface area contributed by atoms with Crippen molar-refractivity contribution in [3.8, 4) is 0 Å². The van der Waals surface area contributed by atoms with Crippen LogP contribution in [0.3, 0.4) is 0 Å². The number of rotatable bonds is 2. The molecule has 2 heterocycles. The first-order chi connectivity index (χ1) is 11.4. The number of ether oxygens (including phenoxy) is 1. The lowest BCUT2D eigenvalue weighted by molar-refractivity contribution is -0.114. The Labute approximate surface area is 137 Å². The number of carbonyl (C=O) groups excluding carboxylic acids is 3. The summed E-state index contributed by atoms with van der Waals surface area (Å²) in [6.07, 6.45) is 1.47. The molecule has 122 valence electrons. The van der Waals surface area contributed by atoms with Gasteiger partial charge in [-0.05, 0) is 24.3 Å². The highest BCUT2D eigenvalue weighted by atomic mass is 16.5. The summed E-state index contributed by atoms with van der Waals surface area (Å²) in [6, 6.07) is 6.82. The van der Waals surface area contributed by atoms with Crippen molar-refractivity contribution >= 4 is 45.3 Å². The van der Waals surface area contributed by atoms with Gasteiger partial charge in [0, 0.05) is 30.3 Å². The topological polar surface area (TPSA) is 90.3 Å². The summed E-state index contributed by atoms with van der Waals surface area (Å²) in [5.74, 6) is -0.921. The molecule has 7 heteroatoms. The number of hydrogen-bond donors (Lipinski definition) is 1. The van der Waals surface area contributed by atoms with Gasteiger partial charge in [-0.25, -0.2) is 9.78 Å². The van der Waals surface area contributed by atoms with E-state index in [0.29, 0.717) is 22.1 Å². The standard InChI is InChI=1S/C17H15N3O4/c1-9(21)19-11-4-5-15-12(6-11)13-7-14(17(23)24-3)18-8-16(13)20(15)10(2)22/h4-8H,1-3H3,(H,19,21). The van der Waals surface area contributed by atoms with Gasteiger partial charge in [-0.3, -0.25) is 14.2 Å². The van der Waals surface area contributed by atoms with Crippen molar-refractivity contribution in [3.05, 3.63) is 36.2 Å². The fourth-order valence-electron chi connectivity index (χ4n) is 2.76. The predicted octanol–water partition coefficient (Wildman–Crippen LogP) is 2.59. The summed E-state index contributed by atoms with van der Waals surface area (Å²) < 4.78 is 6.22. The largest absolute Gasteiger partial charge is 0.464 e. The van der Waals surface area contributed by atoms with Crippen molar-refractivity contribution in [2.45, 2.75) is 13.8 Å². The molecular formula is C17H15N3O4. The average Bonchev–Trinajstić information content (AvgIpc) is 2.86. The smallest absolute Gasteiger partial charge is 0.356 e. The molecule has 24 heavy (non-hydrogen) atoms. The second kappa shape index (κ2) is 5.77. The molecule has 0 spiro atoms. The molecule has 3 aromatic rings. The van der Waals surface area contributed by atoms with E-state index in [1.165, 1.54) is 31.7 Å². The third kappa shape index (κ3) is 2.50. The predicted molar refractivity (Wildman–Crippen MR) is 89.2 cm³/mol. The van der Waals surface area contributed by atoms with Crippen LogP contribution in [0.1, 0.15) is 29.1 Å². The SMILES string of the molecule is COC(=O)c1cc2c3cc(NC(C)=O)ccc3n(C(C)=O)c2cn1. The number of methoxy groups -OCH3 is 1. The first-order valence-corrected chi connectivity index (χ1v) is 7.23. The third-order valence-electron chi connectivity index (χ3n) is 3.68. The first-order valence-electron chi connectivity index (χ1n) is 7.23. The van der Waals surface area contributed by atoms with Gasteiger partial charge in [0.05, 0.1) is 24.3 Å². The molecule has 0 saturated heterocycles. The number of pyridine rings is 1. The molecule has 0 aliphatic heterocycles. The van der Waals surface area contributed by atoms with Gasteiger partial charge in [-0.2, -0.15) is 0 Å². The van der Waals surface area contributed by atoms with E-state index in [4.69, 9.17) is 4.74 Å². The number of aromatic nitrogens is 2. The van der Waals surface area contributed by atoms with Crippen molar-refractivity contribution in [2.75, 3.05) is 12.4 Å². The maximum Gasteiger partial charge on any atom is 0.356 e. The van der Waals surface area contributed by atoms with Crippen LogP contribution in [0.5, 0.6) is 0 Å². The Kier molecular flexibility index (Phi) is 3.76. The highest BCUT2D eigenvalue weighted by Crippen LogP contribution is 2.31. The van der Waals surface area contributed by atoms with E-state index in [2.05, 4.69) is 10.3 Å². The fraction of sp³-hybridized carbons (Fsp3) is 0.176. The van der Waals surface area contributed by atoms with E-state index in [1.807, 2.05) is 0 Å². The molecule has 3 rings (SSSR count). The van der Waals surface area contributed by atoms with E-state index < -0.39 is 5.97 Å². The zero-order valence-electron chi connectivity index (χ0n) is 13.4. The van der Waals surface area contributed by atoms with Crippen LogP contribution in [0.25, 0.3) is 21.8 Å². The molecule has 0 saturated carbocycles. The van der Waals surface area contributed by atoms with Gasteiger partial charge in [0.25, 0.3) is 0 Å². The van der Waals surface area contributed by atoms with Crippen molar-refractivity contribution in [1.82, 2.24) is 9.55 Å². The van der Waals surface area contributed by atoms with Crippen molar-refractivity contribution in [3.63, 3.8) is 0 Å². The van der Waals surface area contributed by atoms with Gasteiger partial charge in [0.2, 0.25) is 11.8 Å². The normalized spacial score (nSPS) is 10.8. The number of hydrogen-bond acceptors (Lipinski definition) is 5. The van der Waals surface area contributed by atoms with Crippen molar-refractivity contribution in [2.24, 2.45) is 0 Å². The molecule has 7 nitrogen and oxygen atoms in total. The van der Waals surface area contributed by atoms with Crippen LogP contribution in [0, 0.1) is 0 Å². The zero-order valence-corrected chi connectivity index (χ0v) is 13.4. The molecule has 0 bridgehead atoms. The number of carbonyl (C=O) groups is 3. The van der Waals surface area contributed by atoms with Gasteiger partial charge >= 0.3 is 5.97 Å². The minimum Gasteiger partial charge on any atom is -0.464 e. The molecule has 0 aliphatic carbocycles. The second-order valence-electron chi connectivity index (χ2n) is 5.35. The lowest BCUT2D eigenvalue weighted by atomic mass is 10.1. The van der Waals surface area contributed by atoms with Crippen LogP contribution >= 0.6 is 0 Å². The highest BCUT2D eigenvalue weighted by Gasteiger charge is 2.17. The molecule has 0 aliphatic rings. The van der Waals surface area contributed by atoms with Crippen LogP contribution < -0.4 is 5.32 Å². The van der Waals surface area contributed by atoms with E-state index in [-0.39, 0.29) is 17.5 Å². The first kappa shape index (κ1) is 15.7. The second-order valence-corrected chi connectivity index (χ2v) is 5.35. The Morgan fingerprint density at radius 2 is 1.79 bits per heavy atom. The van der Waals surface area contributed by atoms with Crippen LogP contribution in [0.15, 0.2) is 30.5 Å². The number of anilines is 1. The molecule has 1 N–H and O–H groups in total. The lowest BCUT2D eigenvalue weighted by Gasteiger charge is -2.03. The van der Waals surface area contributed by atoms with Crippen LogP contribution in [0.2, 0.25) is 0 Å². The third-order valence-corrected chi connectivity index (χ3v) is 3.68. The number of nitrogens with one attached hydrogen (secondary N) is 1.